The van der Waals surface area contributed by atoms with Crippen LogP contribution < -0.4 is 0 Å². The van der Waals surface area contributed by atoms with E-state index in [2.05, 4.69) is 38.9 Å². The Bertz CT molecular complexity index is 787. The second-order valence-corrected chi connectivity index (χ2v) is 8.20. The minimum atomic E-state index is -5.08. The molecule has 0 radical (unpaired) electrons. The van der Waals surface area contributed by atoms with E-state index in [0.717, 1.165) is 37.9 Å². The molecule has 1 aliphatic carbocycles. The lowest BCUT2D eigenvalue weighted by molar-refractivity contribution is -0.193. The first-order valence-corrected chi connectivity index (χ1v) is 10.6. The Morgan fingerprint density at radius 2 is 1.60 bits per heavy atom. The highest BCUT2D eigenvalue weighted by molar-refractivity contribution is 5.73. The van der Waals surface area contributed by atoms with Crippen molar-refractivity contribution < 1.29 is 50.9 Å². The van der Waals surface area contributed by atoms with Crippen LogP contribution in [0.25, 0.3) is 0 Å². The zero-order chi connectivity index (χ0) is 26.8. The van der Waals surface area contributed by atoms with Crippen LogP contribution in [0.1, 0.15) is 30.7 Å². The number of aliphatic carboxylic acids is 2. The van der Waals surface area contributed by atoms with Crippen molar-refractivity contribution in [3.05, 3.63) is 11.4 Å². The maximum absolute atomic E-state index is 10.6. The number of aryl methyl sites for hydroxylation is 1. The van der Waals surface area contributed by atoms with Crippen molar-refractivity contribution in [1.82, 2.24) is 24.8 Å². The van der Waals surface area contributed by atoms with Gasteiger partial charge in [-0.15, -0.1) is 5.10 Å². The molecule has 35 heavy (non-hydrogen) atoms. The number of fused-ring (bicyclic) bond motifs is 1. The summed E-state index contributed by atoms with van der Waals surface area (Å²) in [6, 6.07) is 0. The lowest BCUT2D eigenvalue weighted by Crippen LogP contribution is -2.26. The number of likely N-dealkylation sites (N-methyl/N-ethyl adjacent to an activating group) is 1. The molecular weight excluding hydrogens is 492 g/mol. The van der Waals surface area contributed by atoms with Crippen molar-refractivity contribution in [3.8, 4) is 0 Å². The number of hydrogen-bond donors (Lipinski definition) is 2. The fraction of sp³-hybridized carbons (Fsp3) is 0.789. The summed E-state index contributed by atoms with van der Waals surface area (Å²) >= 11 is 0. The molecule has 1 aromatic rings. The Morgan fingerprint density at radius 1 is 1.06 bits per heavy atom. The molecule has 10 nitrogen and oxygen atoms in total. The van der Waals surface area contributed by atoms with Gasteiger partial charge in [-0.1, -0.05) is 5.21 Å². The van der Waals surface area contributed by atoms with Gasteiger partial charge in [-0.05, 0) is 39.3 Å². The number of rotatable bonds is 7. The van der Waals surface area contributed by atoms with Gasteiger partial charge in [0.05, 0.1) is 18.9 Å². The van der Waals surface area contributed by atoms with Gasteiger partial charge in [0.15, 0.2) is 0 Å². The second-order valence-electron chi connectivity index (χ2n) is 8.20. The molecule has 1 saturated carbocycles. The molecule has 3 rings (SSSR count). The van der Waals surface area contributed by atoms with Gasteiger partial charge < -0.3 is 19.8 Å². The van der Waals surface area contributed by atoms with Crippen LogP contribution in [-0.4, -0.2) is 99.6 Å². The molecule has 1 aliphatic heterocycles. The van der Waals surface area contributed by atoms with Gasteiger partial charge in [0.25, 0.3) is 0 Å². The van der Waals surface area contributed by atoms with Gasteiger partial charge in [0, 0.05) is 32.7 Å². The third kappa shape index (κ3) is 12.7. The number of carbonyl (C=O) groups is 2. The molecule has 2 N–H and O–H groups in total. The lowest BCUT2D eigenvalue weighted by Gasteiger charge is -2.19. The van der Waals surface area contributed by atoms with Crippen molar-refractivity contribution in [2.75, 3.05) is 40.3 Å². The van der Waals surface area contributed by atoms with E-state index in [1.54, 1.807) is 0 Å². The molecule has 0 bridgehead atoms. The number of carboxylic acids is 2. The van der Waals surface area contributed by atoms with E-state index in [-0.39, 0.29) is 0 Å². The highest BCUT2D eigenvalue weighted by Crippen LogP contribution is 2.30. The molecule has 2 heterocycles. The normalized spacial score (nSPS) is 16.4. The molecule has 0 amide bonds. The van der Waals surface area contributed by atoms with Crippen LogP contribution in [0.3, 0.4) is 0 Å². The van der Waals surface area contributed by atoms with Crippen LogP contribution in [0.5, 0.6) is 0 Å². The summed E-state index contributed by atoms with van der Waals surface area (Å²) in [5, 5.41) is 22.9. The third-order valence-electron chi connectivity index (χ3n) is 4.76. The number of nitrogens with zero attached hydrogens (tertiary/aromatic N) is 5. The molecule has 0 unspecified atom stereocenters. The monoisotopic (exact) mass is 521 g/mol. The van der Waals surface area contributed by atoms with Crippen LogP contribution in [0.4, 0.5) is 26.3 Å². The minimum absolute atomic E-state index is 0.584. The third-order valence-corrected chi connectivity index (χ3v) is 4.76. The van der Waals surface area contributed by atoms with Crippen LogP contribution in [0, 0.1) is 5.92 Å². The van der Waals surface area contributed by atoms with E-state index in [1.165, 1.54) is 38.0 Å². The zero-order valence-electron chi connectivity index (χ0n) is 19.3. The SMILES string of the molecule is CN(C)CCOCc1nnn2c1CN(CC1CC1)CCC2.O=C(O)C(F)(F)F.O=C(O)C(F)(F)F. The predicted octanol–water partition coefficient (Wildman–Crippen LogP) is 2.24. The number of carboxylic acid groups (broad SMARTS) is 2. The van der Waals surface area contributed by atoms with Crippen molar-refractivity contribution in [2.24, 2.45) is 5.92 Å². The van der Waals surface area contributed by atoms with E-state index in [9.17, 15) is 26.3 Å². The standard InChI is InChI=1S/C15H27N5O.2C2HF3O2/c1-18(2)8-9-21-12-14-15-11-19(10-13-4-5-13)6-3-7-20(15)17-16-14;2*3-2(4,5)1(6)7/h13H,3-12H2,1-2H3;2*(H,6,7). The summed E-state index contributed by atoms with van der Waals surface area (Å²) in [5.74, 6) is -4.58. The predicted molar refractivity (Wildman–Crippen MR) is 108 cm³/mol. The molecular formula is C19H29F6N5O5. The quantitative estimate of drug-likeness (QED) is 0.411. The van der Waals surface area contributed by atoms with Gasteiger partial charge in [-0.25, -0.2) is 14.3 Å². The Morgan fingerprint density at radius 3 is 2.06 bits per heavy atom. The van der Waals surface area contributed by atoms with Crippen LogP contribution >= 0.6 is 0 Å². The number of hydrogen-bond acceptors (Lipinski definition) is 7. The number of aromatic nitrogens is 3. The van der Waals surface area contributed by atoms with E-state index in [1.807, 2.05) is 0 Å². The maximum Gasteiger partial charge on any atom is 0.490 e. The van der Waals surface area contributed by atoms with Gasteiger partial charge >= 0.3 is 24.3 Å². The van der Waals surface area contributed by atoms with Crippen molar-refractivity contribution >= 4 is 11.9 Å². The van der Waals surface area contributed by atoms with Gasteiger partial charge in [0.2, 0.25) is 0 Å². The van der Waals surface area contributed by atoms with Crippen molar-refractivity contribution in [1.29, 1.82) is 0 Å². The fourth-order valence-corrected chi connectivity index (χ4v) is 2.81. The topological polar surface area (TPSA) is 121 Å². The first-order valence-electron chi connectivity index (χ1n) is 10.6. The average molecular weight is 521 g/mol. The molecule has 0 spiro atoms. The lowest BCUT2D eigenvalue weighted by atomic mass is 10.3. The summed E-state index contributed by atoms with van der Waals surface area (Å²) in [6.45, 7) is 6.66. The van der Waals surface area contributed by atoms with Gasteiger partial charge in [0.1, 0.15) is 5.69 Å². The van der Waals surface area contributed by atoms with Crippen LogP contribution in [-0.2, 0) is 34.0 Å². The highest BCUT2D eigenvalue weighted by atomic mass is 19.4. The van der Waals surface area contributed by atoms with Crippen LogP contribution in [0.2, 0.25) is 0 Å². The summed E-state index contributed by atoms with van der Waals surface area (Å²) in [7, 11) is 4.12. The van der Waals surface area contributed by atoms with Crippen molar-refractivity contribution in [3.63, 3.8) is 0 Å². The zero-order valence-corrected chi connectivity index (χ0v) is 19.3. The molecule has 202 valence electrons. The summed E-state index contributed by atoms with van der Waals surface area (Å²) in [6.07, 6.45) is -6.17. The average Bonchev–Trinajstić information content (AvgIpc) is 3.49. The fourth-order valence-electron chi connectivity index (χ4n) is 2.81. The second kappa shape index (κ2) is 13.6. The summed E-state index contributed by atoms with van der Waals surface area (Å²) in [4.78, 5) is 22.5. The first-order chi connectivity index (χ1) is 16.1. The molecule has 2 aliphatic rings. The van der Waals surface area contributed by atoms with Crippen molar-refractivity contribution in [2.45, 2.75) is 51.3 Å². The Hall–Kier alpha value is -2.46. The Kier molecular flexibility index (Phi) is 11.9. The van der Waals surface area contributed by atoms with Gasteiger partial charge in [-0.2, -0.15) is 26.3 Å². The maximum atomic E-state index is 10.6. The minimum Gasteiger partial charge on any atom is -0.475 e. The molecule has 0 saturated heterocycles. The number of halogens is 6. The van der Waals surface area contributed by atoms with Crippen LogP contribution in [0.15, 0.2) is 0 Å². The molecule has 16 heteroatoms. The first kappa shape index (κ1) is 30.6. The van der Waals surface area contributed by atoms with E-state index in [0.29, 0.717) is 6.61 Å². The smallest absolute Gasteiger partial charge is 0.475 e. The molecule has 1 aromatic heterocycles. The number of alkyl halides is 6. The molecule has 1 fully saturated rings. The summed E-state index contributed by atoms with van der Waals surface area (Å²) in [5.41, 5.74) is 2.29. The van der Waals surface area contributed by atoms with Gasteiger partial charge in [-0.3, -0.25) is 4.90 Å². The number of ether oxygens (including phenoxy) is 1. The van der Waals surface area contributed by atoms with E-state index in [4.69, 9.17) is 24.5 Å². The summed E-state index contributed by atoms with van der Waals surface area (Å²) < 4.78 is 71.3. The Labute approximate surface area is 197 Å². The largest absolute Gasteiger partial charge is 0.490 e. The van der Waals surface area contributed by atoms with E-state index < -0.39 is 24.3 Å². The highest BCUT2D eigenvalue weighted by Gasteiger charge is 2.38. The molecule has 0 aromatic carbocycles. The Balaban J connectivity index is 0.000000362. The molecule has 0 atom stereocenters. The van der Waals surface area contributed by atoms with E-state index >= 15 is 0 Å².